The molecule has 1 aromatic heterocycles. The molecule has 2 aromatic rings. The van der Waals surface area contributed by atoms with Crippen LogP contribution < -0.4 is 0 Å². The molecule has 0 amide bonds. The van der Waals surface area contributed by atoms with E-state index in [1.54, 1.807) is 0 Å². The van der Waals surface area contributed by atoms with Crippen LogP contribution in [0.2, 0.25) is 0 Å². The number of nitrogens with zero attached hydrogens (tertiary/aromatic N) is 3. The van der Waals surface area contributed by atoms with Crippen molar-refractivity contribution in [3.63, 3.8) is 0 Å². The van der Waals surface area contributed by atoms with Crippen LogP contribution in [0.15, 0.2) is 28.8 Å². The fourth-order valence-corrected chi connectivity index (χ4v) is 2.67. The summed E-state index contributed by atoms with van der Waals surface area (Å²) in [6.45, 7) is 4.96. The van der Waals surface area contributed by atoms with Gasteiger partial charge in [-0.2, -0.15) is 4.98 Å². The van der Waals surface area contributed by atoms with Gasteiger partial charge in [0.2, 0.25) is 5.89 Å². The highest BCUT2D eigenvalue weighted by molar-refractivity contribution is 5.29. The number of fused-ring (bicyclic) bond motifs is 1. The lowest BCUT2D eigenvalue weighted by Gasteiger charge is -2.27. The zero-order valence-corrected chi connectivity index (χ0v) is 12.0. The average molecular weight is 271 g/mol. The molecular formula is C16H21N3O. The molecule has 3 rings (SSSR count). The third-order valence-electron chi connectivity index (χ3n) is 3.83. The Labute approximate surface area is 119 Å². The standard InChI is InChI=1S/C16H21N3O/c1-2-3-8-15-17-16(20-18-15)12-19-10-9-13-6-4-5-7-14(13)11-19/h4-7H,2-3,8-12H2,1H3. The Bertz CT molecular complexity index is 564. The van der Waals surface area contributed by atoms with Gasteiger partial charge in [-0.25, -0.2) is 0 Å². The maximum atomic E-state index is 5.35. The first kappa shape index (κ1) is 13.3. The molecule has 106 valence electrons. The fourth-order valence-electron chi connectivity index (χ4n) is 2.67. The molecule has 4 heteroatoms. The number of unbranched alkanes of at least 4 members (excludes halogenated alkanes) is 1. The molecule has 1 aromatic carbocycles. The molecule has 0 fully saturated rings. The van der Waals surface area contributed by atoms with Crippen molar-refractivity contribution < 1.29 is 4.52 Å². The van der Waals surface area contributed by atoms with Gasteiger partial charge in [-0.1, -0.05) is 42.8 Å². The van der Waals surface area contributed by atoms with E-state index in [0.29, 0.717) is 0 Å². The molecule has 0 saturated heterocycles. The van der Waals surface area contributed by atoms with Crippen LogP contribution in [0.3, 0.4) is 0 Å². The predicted molar refractivity (Wildman–Crippen MR) is 77.2 cm³/mol. The molecule has 4 nitrogen and oxygen atoms in total. The molecule has 1 aliphatic rings. The summed E-state index contributed by atoms with van der Waals surface area (Å²) in [5.74, 6) is 1.59. The Morgan fingerprint density at radius 1 is 1.25 bits per heavy atom. The first-order valence-corrected chi connectivity index (χ1v) is 7.45. The number of hydrogen-bond donors (Lipinski definition) is 0. The Balaban J connectivity index is 1.60. The Hall–Kier alpha value is -1.68. The third kappa shape index (κ3) is 3.07. The van der Waals surface area contributed by atoms with Crippen LogP contribution in [-0.4, -0.2) is 21.6 Å². The van der Waals surface area contributed by atoms with Gasteiger partial charge in [0.15, 0.2) is 5.82 Å². The SMILES string of the molecule is CCCCc1noc(CN2CCc3ccccc3C2)n1. The van der Waals surface area contributed by atoms with Gasteiger partial charge < -0.3 is 4.52 Å². The highest BCUT2D eigenvalue weighted by atomic mass is 16.5. The number of benzene rings is 1. The zero-order chi connectivity index (χ0) is 13.8. The lowest BCUT2D eigenvalue weighted by molar-refractivity contribution is 0.210. The van der Waals surface area contributed by atoms with Crippen molar-refractivity contribution in [3.8, 4) is 0 Å². The quantitative estimate of drug-likeness (QED) is 0.838. The summed E-state index contributed by atoms with van der Waals surface area (Å²) in [5, 5.41) is 4.05. The molecule has 0 unspecified atom stereocenters. The summed E-state index contributed by atoms with van der Waals surface area (Å²) in [6.07, 6.45) is 4.30. The molecule has 0 radical (unpaired) electrons. The molecule has 0 atom stereocenters. The van der Waals surface area contributed by atoms with E-state index in [2.05, 4.69) is 46.2 Å². The smallest absolute Gasteiger partial charge is 0.240 e. The highest BCUT2D eigenvalue weighted by Gasteiger charge is 2.18. The molecule has 0 aliphatic carbocycles. The lowest BCUT2D eigenvalue weighted by Crippen LogP contribution is -2.30. The minimum absolute atomic E-state index is 0.746. The number of aryl methyl sites for hydroxylation is 1. The Morgan fingerprint density at radius 3 is 2.95 bits per heavy atom. The first-order chi connectivity index (χ1) is 9.85. The van der Waals surface area contributed by atoms with Gasteiger partial charge in [-0.15, -0.1) is 0 Å². The summed E-state index contributed by atoms with van der Waals surface area (Å²) in [7, 11) is 0. The zero-order valence-electron chi connectivity index (χ0n) is 12.0. The summed E-state index contributed by atoms with van der Waals surface area (Å²) >= 11 is 0. The minimum Gasteiger partial charge on any atom is -0.338 e. The van der Waals surface area contributed by atoms with Gasteiger partial charge in [0, 0.05) is 19.5 Å². The summed E-state index contributed by atoms with van der Waals surface area (Å²) in [6, 6.07) is 8.66. The van der Waals surface area contributed by atoms with Gasteiger partial charge in [0.1, 0.15) is 0 Å². The summed E-state index contributed by atoms with van der Waals surface area (Å²) in [4.78, 5) is 6.85. The normalized spacial score (nSPS) is 15.2. The van der Waals surface area contributed by atoms with Crippen molar-refractivity contribution in [3.05, 3.63) is 47.1 Å². The van der Waals surface area contributed by atoms with Crippen LogP contribution in [0, 0.1) is 0 Å². The van der Waals surface area contributed by atoms with Gasteiger partial charge >= 0.3 is 0 Å². The Morgan fingerprint density at radius 2 is 2.10 bits per heavy atom. The van der Waals surface area contributed by atoms with E-state index in [1.165, 1.54) is 11.1 Å². The molecule has 0 N–H and O–H groups in total. The summed E-state index contributed by atoms with van der Waals surface area (Å²) in [5.41, 5.74) is 2.89. The van der Waals surface area contributed by atoms with E-state index in [0.717, 1.165) is 57.0 Å². The van der Waals surface area contributed by atoms with Crippen LogP contribution in [0.5, 0.6) is 0 Å². The van der Waals surface area contributed by atoms with Crippen LogP contribution in [0.25, 0.3) is 0 Å². The molecule has 0 bridgehead atoms. The van der Waals surface area contributed by atoms with Crippen molar-refractivity contribution in [2.45, 2.75) is 45.7 Å². The summed E-state index contributed by atoms with van der Waals surface area (Å²) < 4.78 is 5.35. The van der Waals surface area contributed by atoms with E-state index < -0.39 is 0 Å². The maximum absolute atomic E-state index is 5.35. The van der Waals surface area contributed by atoms with Crippen molar-refractivity contribution >= 4 is 0 Å². The van der Waals surface area contributed by atoms with E-state index in [-0.39, 0.29) is 0 Å². The van der Waals surface area contributed by atoms with Gasteiger partial charge in [-0.3, -0.25) is 4.90 Å². The topological polar surface area (TPSA) is 42.2 Å². The van der Waals surface area contributed by atoms with Crippen LogP contribution in [0.4, 0.5) is 0 Å². The van der Waals surface area contributed by atoms with Gasteiger partial charge in [0.25, 0.3) is 0 Å². The monoisotopic (exact) mass is 271 g/mol. The number of hydrogen-bond acceptors (Lipinski definition) is 4. The maximum Gasteiger partial charge on any atom is 0.240 e. The van der Waals surface area contributed by atoms with Crippen LogP contribution in [0.1, 0.15) is 42.6 Å². The molecular weight excluding hydrogens is 250 g/mol. The largest absolute Gasteiger partial charge is 0.338 e. The third-order valence-corrected chi connectivity index (χ3v) is 3.83. The first-order valence-electron chi connectivity index (χ1n) is 7.45. The second-order valence-electron chi connectivity index (χ2n) is 5.44. The van der Waals surface area contributed by atoms with E-state index in [4.69, 9.17) is 4.52 Å². The van der Waals surface area contributed by atoms with Crippen LogP contribution in [-0.2, 0) is 25.9 Å². The molecule has 1 aliphatic heterocycles. The van der Waals surface area contributed by atoms with E-state index in [1.807, 2.05) is 0 Å². The molecule has 2 heterocycles. The number of aromatic nitrogens is 2. The fraction of sp³-hybridized carbons (Fsp3) is 0.500. The second-order valence-corrected chi connectivity index (χ2v) is 5.44. The van der Waals surface area contributed by atoms with E-state index >= 15 is 0 Å². The Kier molecular flexibility index (Phi) is 4.11. The molecule has 0 saturated carbocycles. The molecule has 0 spiro atoms. The average Bonchev–Trinajstić information content (AvgIpc) is 2.92. The van der Waals surface area contributed by atoms with Gasteiger partial charge in [0.05, 0.1) is 6.54 Å². The lowest BCUT2D eigenvalue weighted by atomic mass is 10.00. The number of rotatable bonds is 5. The second kappa shape index (κ2) is 6.18. The minimum atomic E-state index is 0.746. The highest BCUT2D eigenvalue weighted by Crippen LogP contribution is 2.19. The van der Waals surface area contributed by atoms with E-state index in [9.17, 15) is 0 Å². The van der Waals surface area contributed by atoms with Crippen molar-refractivity contribution in [1.29, 1.82) is 0 Å². The van der Waals surface area contributed by atoms with Crippen molar-refractivity contribution in [2.75, 3.05) is 6.54 Å². The van der Waals surface area contributed by atoms with Crippen molar-refractivity contribution in [1.82, 2.24) is 15.0 Å². The van der Waals surface area contributed by atoms with Crippen molar-refractivity contribution in [2.24, 2.45) is 0 Å². The predicted octanol–water partition coefficient (Wildman–Crippen LogP) is 2.97. The van der Waals surface area contributed by atoms with Gasteiger partial charge in [-0.05, 0) is 24.0 Å². The van der Waals surface area contributed by atoms with Crippen LogP contribution >= 0.6 is 0 Å². The molecule has 20 heavy (non-hydrogen) atoms.